The molecule has 0 spiro atoms. The molecule has 1 aromatic rings. The Hall–Kier alpha value is -1.92. The second kappa shape index (κ2) is 6.86. The minimum absolute atomic E-state index is 0.230. The minimum Gasteiger partial charge on any atom is -0.379 e. The van der Waals surface area contributed by atoms with Gasteiger partial charge in [-0.1, -0.05) is 18.2 Å². The summed E-state index contributed by atoms with van der Waals surface area (Å²) in [6, 6.07) is 8.73. The molecule has 6 nitrogen and oxygen atoms in total. The van der Waals surface area contributed by atoms with Gasteiger partial charge in [0.25, 0.3) is 11.8 Å². The van der Waals surface area contributed by atoms with E-state index in [0.717, 1.165) is 13.1 Å². The molecule has 1 saturated heterocycles. The Labute approximate surface area is 111 Å². The van der Waals surface area contributed by atoms with Crippen LogP contribution in [-0.4, -0.2) is 49.6 Å². The van der Waals surface area contributed by atoms with E-state index in [-0.39, 0.29) is 18.4 Å². The molecule has 1 fully saturated rings. The Kier molecular flexibility index (Phi) is 4.88. The van der Waals surface area contributed by atoms with Crippen molar-refractivity contribution in [3.63, 3.8) is 0 Å². The van der Waals surface area contributed by atoms with Crippen LogP contribution in [-0.2, 0) is 9.53 Å². The Morgan fingerprint density at radius 1 is 1.11 bits per heavy atom. The molecule has 2 N–H and O–H groups in total. The molecule has 0 unspecified atom stereocenters. The SMILES string of the molecule is O=C(CN1CCOCC1)NNC(=O)c1ccccc1. The second-order valence-electron chi connectivity index (χ2n) is 4.26. The van der Waals surface area contributed by atoms with E-state index in [1.165, 1.54) is 0 Å². The summed E-state index contributed by atoms with van der Waals surface area (Å²) in [5, 5.41) is 0. The van der Waals surface area contributed by atoms with Gasteiger partial charge in [-0.15, -0.1) is 0 Å². The molecule has 0 bridgehead atoms. The van der Waals surface area contributed by atoms with Crippen LogP contribution in [0.1, 0.15) is 10.4 Å². The van der Waals surface area contributed by atoms with Gasteiger partial charge in [0.05, 0.1) is 19.8 Å². The molecule has 6 heteroatoms. The van der Waals surface area contributed by atoms with Crippen LogP contribution in [0.4, 0.5) is 0 Å². The van der Waals surface area contributed by atoms with Crippen LogP contribution >= 0.6 is 0 Å². The Morgan fingerprint density at radius 3 is 2.47 bits per heavy atom. The average molecular weight is 263 g/mol. The first-order valence-corrected chi connectivity index (χ1v) is 6.20. The molecule has 19 heavy (non-hydrogen) atoms. The van der Waals surface area contributed by atoms with Crippen LogP contribution in [0, 0.1) is 0 Å². The van der Waals surface area contributed by atoms with E-state index < -0.39 is 0 Å². The number of hydrazine groups is 1. The topological polar surface area (TPSA) is 70.7 Å². The number of morpholine rings is 1. The number of carbonyl (C=O) groups is 2. The van der Waals surface area contributed by atoms with E-state index >= 15 is 0 Å². The van der Waals surface area contributed by atoms with E-state index in [9.17, 15) is 9.59 Å². The van der Waals surface area contributed by atoms with Gasteiger partial charge in [-0.25, -0.2) is 0 Å². The lowest BCUT2D eigenvalue weighted by Gasteiger charge is -2.25. The molecule has 0 atom stereocenters. The predicted octanol–water partition coefficient (Wildman–Crippen LogP) is -0.220. The maximum absolute atomic E-state index is 11.7. The largest absolute Gasteiger partial charge is 0.379 e. The van der Waals surface area contributed by atoms with Crippen molar-refractivity contribution in [3.05, 3.63) is 35.9 Å². The molecule has 2 amide bonds. The Bertz CT molecular complexity index is 430. The molecule has 1 aliphatic heterocycles. The zero-order chi connectivity index (χ0) is 13.5. The van der Waals surface area contributed by atoms with Gasteiger partial charge in [0, 0.05) is 18.7 Å². The predicted molar refractivity (Wildman–Crippen MR) is 69.3 cm³/mol. The van der Waals surface area contributed by atoms with Crippen LogP contribution in [0.25, 0.3) is 0 Å². The van der Waals surface area contributed by atoms with E-state index in [1.54, 1.807) is 24.3 Å². The lowest BCUT2D eigenvalue weighted by molar-refractivity contribution is -0.124. The van der Waals surface area contributed by atoms with Crippen molar-refractivity contribution >= 4 is 11.8 Å². The number of hydrogen-bond donors (Lipinski definition) is 2. The third kappa shape index (κ3) is 4.35. The first-order valence-electron chi connectivity index (χ1n) is 6.20. The number of hydrogen-bond acceptors (Lipinski definition) is 4. The summed E-state index contributed by atoms with van der Waals surface area (Å²) in [7, 11) is 0. The quantitative estimate of drug-likeness (QED) is 0.740. The fraction of sp³-hybridized carbons (Fsp3) is 0.385. The monoisotopic (exact) mass is 263 g/mol. The van der Waals surface area contributed by atoms with Gasteiger partial charge in [0.1, 0.15) is 0 Å². The summed E-state index contributed by atoms with van der Waals surface area (Å²) >= 11 is 0. The van der Waals surface area contributed by atoms with E-state index in [2.05, 4.69) is 10.9 Å². The first kappa shape index (κ1) is 13.5. The van der Waals surface area contributed by atoms with Crippen LogP contribution in [0.15, 0.2) is 30.3 Å². The molecule has 1 aliphatic rings. The number of rotatable bonds is 3. The highest BCUT2D eigenvalue weighted by Gasteiger charge is 2.14. The minimum atomic E-state index is -0.323. The first-order chi connectivity index (χ1) is 9.25. The Morgan fingerprint density at radius 2 is 1.79 bits per heavy atom. The van der Waals surface area contributed by atoms with Gasteiger partial charge < -0.3 is 4.74 Å². The van der Waals surface area contributed by atoms with Gasteiger partial charge in [-0.3, -0.25) is 25.3 Å². The van der Waals surface area contributed by atoms with Gasteiger partial charge in [-0.05, 0) is 12.1 Å². The molecule has 0 radical (unpaired) electrons. The summed E-state index contributed by atoms with van der Waals surface area (Å²) in [5.41, 5.74) is 5.31. The summed E-state index contributed by atoms with van der Waals surface area (Å²) in [5.74, 6) is -0.554. The lowest BCUT2D eigenvalue weighted by atomic mass is 10.2. The number of carbonyl (C=O) groups excluding carboxylic acids is 2. The zero-order valence-electron chi connectivity index (χ0n) is 10.6. The van der Waals surface area contributed by atoms with Crippen LogP contribution in [0.2, 0.25) is 0 Å². The highest BCUT2D eigenvalue weighted by atomic mass is 16.5. The number of amides is 2. The molecule has 0 aromatic heterocycles. The maximum Gasteiger partial charge on any atom is 0.269 e. The van der Waals surface area contributed by atoms with Crippen molar-refractivity contribution in [2.75, 3.05) is 32.8 Å². The molecular formula is C13H17N3O3. The van der Waals surface area contributed by atoms with Gasteiger partial charge in [-0.2, -0.15) is 0 Å². The van der Waals surface area contributed by atoms with Crippen LogP contribution in [0.3, 0.4) is 0 Å². The Balaban J connectivity index is 1.72. The van der Waals surface area contributed by atoms with Crippen molar-refractivity contribution in [1.29, 1.82) is 0 Å². The van der Waals surface area contributed by atoms with Crippen molar-refractivity contribution in [2.24, 2.45) is 0 Å². The van der Waals surface area contributed by atoms with Crippen LogP contribution in [0.5, 0.6) is 0 Å². The highest BCUT2D eigenvalue weighted by Crippen LogP contribution is 1.97. The van der Waals surface area contributed by atoms with Gasteiger partial charge >= 0.3 is 0 Å². The molecule has 1 aromatic carbocycles. The number of nitrogens with one attached hydrogen (secondary N) is 2. The molecule has 102 valence electrons. The standard InChI is InChI=1S/C13H17N3O3/c17-12(10-16-6-8-19-9-7-16)14-15-13(18)11-4-2-1-3-5-11/h1-5H,6-10H2,(H,14,17)(H,15,18). The molecule has 1 heterocycles. The highest BCUT2D eigenvalue weighted by molar-refractivity contribution is 5.95. The molecule has 0 saturated carbocycles. The van der Waals surface area contributed by atoms with Gasteiger partial charge in [0.15, 0.2) is 0 Å². The lowest BCUT2D eigenvalue weighted by Crippen LogP contribution is -2.48. The second-order valence-corrected chi connectivity index (χ2v) is 4.26. The fourth-order valence-electron chi connectivity index (χ4n) is 1.79. The fourth-order valence-corrected chi connectivity index (χ4v) is 1.79. The van der Waals surface area contributed by atoms with Crippen molar-refractivity contribution < 1.29 is 14.3 Å². The summed E-state index contributed by atoms with van der Waals surface area (Å²) in [6.07, 6.45) is 0. The molecule has 0 aliphatic carbocycles. The van der Waals surface area contributed by atoms with E-state index in [1.807, 2.05) is 11.0 Å². The number of ether oxygens (including phenoxy) is 1. The normalized spacial score (nSPS) is 15.8. The van der Waals surface area contributed by atoms with E-state index in [4.69, 9.17) is 4.74 Å². The van der Waals surface area contributed by atoms with E-state index in [0.29, 0.717) is 18.8 Å². The third-order valence-electron chi connectivity index (χ3n) is 2.82. The average Bonchev–Trinajstić information content (AvgIpc) is 2.47. The van der Waals surface area contributed by atoms with Crippen molar-refractivity contribution in [1.82, 2.24) is 15.8 Å². The summed E-state index contributed by atoms with van der Waals surface area (Å²) in [4.78, 5) is 25.3. The molecular weight excluding hydrogens is 246 g/mol. The zero-order valence-corrected chi connectivity index (χ0v) is 10.6. The smallest absolute Gasteiger partial charge is 0.269 e. The number of nitrogens with zero attached hydrogens (tertiary/aromatic N) is 1. The van der Waals surface area contributed by atoms with Crippen LogP contribution < -0.4 is 10.9 Å². The summed E-state index contributed by atoms with van der Waals surface area (Å²) in [6.45, 7) is 3.02. The summed E-state index contributed by atoms with van der Waals surface area (Å²) < 4.78 is 5.19. The maximum atomic E-state index is 11.7. The molecule has 2 rings (SSSR count). The third-order valence-corrected chi connectivity index (χ3v) is 2.82. The van der Waals surface area contributed by atoms with Crippen molar-refractivity contribution in [2.45, 2.75) is 0 Å². The number of benzene rings is 1. The van der Waals surface area contributed by atoms with Crippen molar-refractivity contribution in [3.8, 4) is 0 Å². The van der Waals surface area contributed by atoms with Gasteiger partial charge in [0.2, 0.25) is 0 Å².